The van der Waals surface area contributed by atoms with Crippen LogP contribution in [0.1, 0.15) is 95.4 Å². The van der Waals surface area contributed by atoms with E-state index in [1.807, 2.05) is 39.0 Å². The monoisotopic (exact) mass is 516 g/mol. The molecule has 2 rings (SSSR count). The van der Waals surface area contributed by atoms with Gasteiger partial charge in [-0.25, -0.2) is 4.79 Å². The number of ether oxygens (including phenoxy) is 1. The molecule has 1 aliphatic rings. The van der Waals surface area contributed by atoms with Crippen LogP contribution < -0.4 is 16.4 Å². The lowest BCUT2D eigenvalue weighted by molar-refractivity contribution is -0.143. The Balaban J connectivity index is 2.47. The lowest BCUT2D eigenvalue weighted by Gasteiger charge is -2.35. The van der Waals surface area contributed by atoms with E-state index in [9.17, 15) is 19.2 Å². The number of carbonyl (C=O) groups excluding carboxylic acids is 4. The molecule has 206 valence electrons. The van der Waals surface area contributed by atoms with Crippen molar-refractivity contribution >= 4 is 23.8 Å². The van der Waals surface area contributed by atoms with Crippen molar-refractivity contribution in [3.63, 3.8) is 0 Å². The summed E-state index contributed by atoms with van der Waals surface area (Å²) < 4.78 is 5.31. The van der Waals surface area contributed by atoms with E-state index in [0.29, 0.717) is 12.0 Å². The molecule has 1 aromatic rings. The summed E-state index contributed by atoms with van der Waals surface area (Å²) >= 11 is 0. The van der Waals surface area contributed by atoms with Gasteiger partial charge >= 0.3 is 6.09 Å². The van der Waals surface area contributed by atoms with E-state index in [-0.39, 0.29) is 18.5 Å². The summed E-state index contributed by atoms with van der Waals surface area (Å²) in [4.78, 5) is 53.6. The minimum Gasteiger partial charge on any atom is -0.444 e. The van der Waals surface area contributed by atoms with Crippen molar-refractivity contribution < 1.29 is 23.9 Å². The minimum atomic E-state index is -1.27. The zero-order valence-corrected chi connectivity index (χ0v) is 23.2. The lowest BCUT2D eigenvalue weighted by atomic mass is 9.94. The van der Waals surface area contributed by atoms with E-state index >= 15 is 0 Å². The van der Waals surface area contributed by atoms with Gasteiger partial charge in [0.25, 0.3) is 0 Å². The van der Waals surface area contributed by atoms with Crippen LogP contribution in [-0.4, -0.2) is 52.9 Å². The van der Waals surface area contributed by atoms with Crippen molar-refractivity contribution in [2.75, 3.05) is 6.54 Å². The summed E-state index contributed by atoms with van der Waals surface area (Å²) in [6.07, 6.45) is 4.38. The van der Waals surface area contributed by atoms with Gasteiger partial charge in [0, 0.05) is 12.6 Å². The number of rotatable bonds is 10. The molecule has 2 unspecified atom stereocenters. The number of nitrogens with two attached hydrogens (primary N) is 1. The summed E-state index contributed by atoms with van der Waals surface area (Å²) in [7, 11) is 0. The van der Waals surface area contributed by atoms with Crippen molar-refractivity contribution in [2.45, 2.75) is 110 Å². The Morgan fingerprint density at radius 1 is 1.05 bits per heavy atom. The molecule has 1 saturated carbocycles. The van der Waals surface area contributed by atoms with Gasteiger partial charge in [0.1, 0.15) is 17.7 Å². The fraction of sp³-hybridized carbons (Fsp3) is 0.643. The van der Waals surface area contributed by atoms with Crippen LogP contribution >= 0.6 is 0 Å². The molecule has 0 aromatic heterocycles. The summed E-state index contributed by atoms with van der Waals surface area (Å²) in [6, 6.07) is 3.66. The maximum atomic E-state index is 13.9. The Kier molecular flexibility index (Phi) is 10.9. The van der Waals surface area contributed by atoms with Crippen LogP contribution in [0.3, 0.4) is 0 Å². The summed E-state index contributed by atoms with van der Waals surface area (Å²) in [5, 5.41) is 5.67. The zero-order valence-electron chi connectivity index (χ0n) is 23.2. The highest BCUT2D eigenvalue weighted by Crippen LogP contribution is 2.27. The van der Waals surface area contributed by atoms with Gasteiger partial charge in [-0.3, -0.25) is 14.4 Å². The van der Waals surface area contributed by atoms with Crippen LogP contribution in [0.15, 0.2) is 18.2 Å². The van der Waals surface area contributed by atoms with Gasteiger partial charge < -0.3 is 26.0 Å². The van der Waals surface area contributed by atoms with E-state index in [4.69, 9.17) is 10.5 Å². The third kappa shape index (κ3) is 9.70. The van der Waals surface area contributed by atoms with Crippen LogP contribution in [-0.2, 0) is 19.1 Å². The Morgan fingerprint density at radius 3 is 2.16 bits per heavy atom. The van der Waals surface area contributed by atoms with E-state index in [1.54, 1.807) is 20.8 Å². The average molecular weight is 517 g/mol. The first-order chi connectivity index (χ1) is 17.3. The smallest absolute Gasteiger partial charge is 0.408 e. The second-order valence-corrected chi connectivity index (χ2v) is 11.1. The number of nitrogens with one attached hydrogen (secondary N) is 2. The van der Waals surface area contributed by atoms with E-state index in [0.717, 1.165) is 43.2 Å². The van der Waals surface area contributed by atoms with Crippen LogP contribution in [0.2, 0.25) is 0 Å². The number of benzene rings is 1. The SMILES string of the molecule is CCCN(C(=O)C(CC(N)=O)NC(=O)OC(C)(C)C)C(C(=O)NC1CCCCC1)c1cc(C)cc(C)c1. The van der Waals surface area contributed by atoms with Gasteiger partial charge in [-0.2, -0.15) is 0 Å². The minimum absolute atomic E-state index is 0.0505. The third-order valence-corrected chi connectivity index (χ3v) is 6.21. The van der Waals surface area contributed by atoms with Crippen molar-refractivity contribution in [1.82, 2.24) is 15.5 Å². The first-order valence-electron chi connectivity index (χ1n) is 13.3. The molecule has 1 fully saturated rings. The molecule has 0 heterocycles. The summed E-state index contributed by atoms with van der Waals surface area (Å²) in [5.74, 6) is -1.58. The van der Waals surface area contributed by atoms with Crippen molar-refractivity contribution in [3.05, 3.63) is 34.9 Å². The molecule has 9 nitrogen and oxygen atoms in total. The molecule has 37 heavy (non-hydrogen) atoms. The Morgan fingerprint density at radius 2 is 1.65 bits per heavy atom. The number of aryl methyl sites for hydroxylation is 2. The average Bonchev–Trinajstić information content (AvgIpc) is 2.76. The van der Waals surface area contributed by atoms with Gasteiger partial charge in [-0.05, 0) is 59.4 Å². The van der Waals surface area contributed by atoms with Crippen molar-refractivity contribution in [3.8, 4) is 0 Å². The Labute approximate surface area is 220 Å². The number of hydrogen-bond donors (Lipinski definition) is 3. The number of hydrogen-bond acceptors (Lipinski definition) is 5. The molecule has 0 aliphatic heterocycles. The number of alkyl carbamates (subject to hydrolysis) is 1. The Bertz CT molecular complexity index is 946. The molecule has 1 aromatic carbocycles. The second kappa shape index (κ2) is 13.4. The van der Waals surface area contributed by atoms with Gasteiger partial charge in [0.2, 0.25) is 17.7 Å². The molecule has 0 radical (unpaired) electrons. The quantitative estimate of drug-likeness (QED) is 0.435. The van der Waals surface area contributed by atoms with Crippen molar-refractivity contribution in [1.29, 1.82) is 0 Å². The van der Waals surface area contributed by atoms with E-state index in [2.05, 4.69) is 10.6 Å². The van der Waals surface area contributed by atoms with E-state index < -0.39 is 42.0 Å². The molecule has 2 atom stereocenters. The molecule has 0 spiro atoms. The molecule has 1 aliphatic carbocycles. The highest BCUT2D eigenvalue weighted by Gasteiger charge is 2.37. The van der Waals surface area contributed by atoms with Gasteiger partial charge in [-0.15, -0.1) is 0 Å². The highest BCUT2D eigenvalue weighted by atomic mass is 16.6. The van der Waals surface area contributed by atoms with Crippen molar-refractivity contribution in [2.24, 2.45) is 5.73 Å². The number of nitrogens with zero attached hydrogens (tertiary/aromatic N) is 1. The van der Waals surface area contributed by atoms with Crippen LogP contribution in [0, 0.1) is 13.8 Å². The standard InChI is InChI=1S/C28H44N4O5/c1-7-13-32(26(35)22(17-23(29)33)31-27(36)37-28(4,5)6)24(20-15-18(2)14-19(3)16-20)25(34)30-21-11-9-8-10-12-21/h14-16,21-22,24H,7-13,17H2,1-6H3,(H2,29,33)(H,30,34)(H,31,36). The molecule has 4 amide bonds. The maximum absolute atomic E-state index is 13.9. The fourth-order valence-electron chi connectivity index (χ4n) is 4.83. The van der Waals surface area contributed by atoms with Crippen LogP contribution in [0.25, 0.3) is 0 Å². The molecular weight excluding hydrogens is 472 g/mol. The zero-order chi connectivity index (χ0) is 27.8. The predicted octanol–water partition coefficient (Wildman–Crippen LogP) is 3.80. The number of primary amides is 1. The number of carbonyl (C=O) groups is 4. The normalized spacial score (nSPS) is 15.8. The predicted molar refractivity (Wildman–Crippen MR) is 143 cm³/mol. The third-order valence-electron chi connectivity index (χ3n) is 6.21. The molecule has 0 saturated heterocycles. The molecule has 9 heteroatoms. The van der Waals surface area contributed by atoms with Gasteiger partial charge in [0.15, 0.2) is 0 Å². The summed E-state index contributed by atoms with van der Waals surface area (Å²) in [5.41, 5.74) is 7.26. The second-order valence-electron chi connectivity index (χ2n) is 11.1. The Hall–Kier alpha value is -3.10. The molecule has 0 bridgehead atoms. The number of amides is 4. The summed E-state index contributed by atoms with van der Waals surface area (Å²) in [6.45, 7) is 11.1. The first kappa shape index (κ1) is 30.1. The van der Waals surface area contributed by atoms with Crippen LogP contribution in [0.4, 0.5) is 4.79 Å². The highest BCUT2D eigenvalue weighted by molar-refractivity contribution is 5.94. The largest absolute Gasteiger partial charge is 0.444 e. The van der Waals surface area contributed by atoms with Gasteiger partial charge in [0.05, 0.1) is 6.42 Å². The topological polar surface area (TPSA) is 131 Å². The molecular formula is C28H44N4O5. The lowest BCUT2D eigenvalue weighted by Crippen LogP contribution is -2.55. The first-order valence-corrected chi connectivity index (χ1v) is 13.3. The van der Waals surface area contributed by atoms with Gasteiger partial charge in [-0.1, -0.05) is 55.5 Å². The molecule has 4 N–H and O–H groups in total. The maximum Gasteiger partial charge on any atom is 0.408 e. The fourth-order valence-corrected chi connectivity index (χ4v) is 4.83. The van der Waals surface area contributed by atoms with Crippen LogP contribution in [0.5, 0.6) is 0 Å². The van der Waals surface area contributed by atoms with E-state index in [1.165, 1.54) is 4.90 Å².